The van der Waals surface area contributed by atoms with Gasteiger partial charge in [0.2, 0.25) is 65.0 Å². The fraction of sp³-hybridized carbons (Fsp3) is 0.438. The quantitative estimate of drug-likeness (QED) is 0.0264. The van der Waals surface area contributed by atoms with Crippen LogP contribution in [0.5, 0.6) is 11.5 Å². The van der Waals surface area contributed by atoms with Gasteiger partial charge in [0.15, 0.2) is 6.04 Å². The molecule has 32 nitrogen and oxygen atoms in total. The van der Waals surface area contributed by atoms with Crippen LogP contribution in [0, 0.1) is 0 Å². The maximum absolute atomic E-state index is 14.2. The molecule has 0 spiro atoms. The number of carboxylic acids is 1. The molecule has 3 aromatic rings. The molecule has 0 aliphatic carbocycles. The highest BCUT2D eigenvalue weighted by Gasteiger charge is 2.36. The molecule has 10 atom stereocenters. The van der Waals surface area contributed by atoms with Crippen molar-refractivity contribution >= 4 is 70.9 Å². The van der Waals surface area contributed by atoms with Crippen molar-refractivity contribution in [2.24, 2.45) is 22.9 Å². The Morgan fingerprint density at radius 2 is 0.887 bits per heavy atom. The first-order valence-corrected chi connectivity index (χ1v) is 24.4. The zero-order chi connectivity index (χ0) is 59.8. The van der Waals surface area contributed by atoms with Crippen molar-refractivity contribution in [1.29, 1.82) is 0 Å². The number of aromatic nitrogens is 2. The van der Waals surface area contributed by atoms with Gasteiger partial charge in [-0.3, -0.25) is 52.7 Å². The number of nitrogens with two attached hydrogens (primary N) is 4. The van der Waals surface area contributed by atoms with Crippen LogP contribution in [0.25, 0.3) is 0 Å². The Bertz CT molecular complexity index is 2660. The van der Waals surface area contributed by atoms with E-state index in [1.807, 2.05) is 5.32 Å². The lowest BCUT2D eigenvalue weighted by atomic mass is 10.0. The summed E-state index contributed by atoms with van der Waals surface area (Å²) in [7, 11) is 0. The Morgan fingerprint density at radius 3 is 1.29 bits per heavy atom. The van der Waals surface area contributed by atoms with Gasteiger partial charge in [0, 0.05) is 44.0 Å². The van der Waals surface area contributed by atoms with Gasteiger partial charge in [-0.15, -0.1) is 0 Å². The number of aliphatic carboxylic acids is 1. The maximum Gasteiger partial charge on any atom is 0.328 e. The molecule has 80 heavy (non-hydrogen) atoms. The Balaban J connectivity index is 1.91. The van der Waals surface area contributed by atoms with E-state index in [9.17, 15) is 88.2 Å². The maximum atomic E-state index is 14.2. The number of primary amides is 3. The van der Waals surface area contributed by atoms with Crippen LogP contribution in [0.2, 0.25) is 0 Å². The van der Waals surface area contributed by atoms with Crippen LogP contribution < -0.4 is 65.5 Å². The Kier molecular flexibility index (Phi) is 25.9. The molecular weight excluding hydrogens is 1060 g/mol. The first-order chi connectivity index (χ1) is 37.7. The largest absolute Gasteiger partial charge is 0.508 e. The zero-order valence-corrected chi connectivity index (χ0v) is 43.0. The summed E-state index contributed by atoms with van der Waals surface area (Å²) >= 11 is 0. The van der Waals surface area contributed by atoms with Crippen LogP contribution in [0.3, 0.4) is 0 Å². The summed E-state index contributed by atoms with van der Waals surface area (Å²) in [5.41, 5.74) is 22.7. The second-order valence-electron chi connectivity index (χ2n) is 18.2. The smallest absolute Gasteiger partial charge is 0.328 e. The number of hydrogen-bond donors (Lipinski definition) is 19. The van der Waals surface area contributed by atoms with Gasteiger partial charge in [-0.2, -0.15) is 0 Å². The van der Waals surface area contributed by atoms with Crippen LogP contribution in [-0.4, -0.2) is 185 Å². The van der Waals surface area contributed by atoms with Crippen molar-refractivity contribution in [3.05, 3.63) is 77.9 Å². The third-order valence-corrected chi connectivity index (χ3v) is 11.7. The Hall–Kier alpha value is -9.27. The van der Waals surface area contributed by atoms with Crippen molar-refractivity contribution in [2.45, 2.75) is 119 Å². The highest BCUT2D eigenvalue weighted by molar-refractivity contribution is 5.99. The number of aromatic hydroxyl groups is 2. The van der Waals surface area contributed by atoms with Gasteiger partial charge in [0.1, 0.15) is 53.8 Å². The molecule has 436 valence electrons. The van der Waals surface area contributed by atoms with E-state index in [1.165, 1.54) is 61.1 Å². The lowest BCUT2D eigenvalue weighted by Gasteiger charge is -2.27. The molecule has 0 saturated carbocycles. The lowest BCUT2D eigenvalue weighted by molar-refractivity contribution is -0.145. The second kappa shape index (κ2) is 31.8. The number of aromatic amines is 1. The fourth-order valence-corrected chi connectivity index (χ4v) is 7.32. The number of nitrogens with zero attached hydrogens (tertiary/aromatic N) is 1. The average molecular weight is 1130 g/mol. The number of carbonyl (C=O) groups is 12. The van der Waals surface area contributed by atoms with Crippen molar-refractivity contribution in [1.82, 2.24) is 52.5 Å². The number of amides is 11. The minimum Gasteiger partial charge on any atom is -0.508 e. The Labute approximate surface area is 454 Å². The molecular formula is C48H66N14O18. The van der Waals surface area contributed by atoms with Gasteiger partial charge in [-0.05, 0) is 55.2 Å². The van der Waals surface area contributed by atoms with Crippen molar-refractivity contribution < 1.29 is 88.2 Å². The minimum absolute atomic E-state index is 0.167. The highest BCUT2D eigenvalue weighted by atomic mass is 16.4. The van der Waals surface area contributed by atoms with E-state index in [4.69, 9.17) is 22.9 Å². The van der Waals surface area contributed by atoms with Gasteiger partial charge in [-0.1, -0.05) is 24.3 Å². The molecule has 1 heterocycles. The number of carbonyl (C=O) groups excluding carboxylic acids is 11. The molecule has 0 unspecified atom stereocenters. The standard InChI is InChI=1S/C48H66N14O18/c1-22(65)39(48(79)80)62-41(72)29(11-13-37(51)69)55-46(77)34(19-63)60-43(74)31(15-24-4-8-27(67)9-5-24)58-47(78)35(20-64)61-45(76)33(17-38(52)70)59-42(73)30(14-23-2-6-26(66)7-3-23)57-44(75)32(16-25-18-53-21-54-25)56-40(71)28(49)10-12-36(50)68/h2-9,18,21-22,28-35,39,63-67H,10-17,19-20,49H2,1H3,(H2,50,68)(H2,51,69)(H2,52,70)(H,53,54)(H,55,77)(H,56,71)(H,57,75)(H,58,78)(H,59,73)(H,60,74)(H,61,76)(H,62,72)(H,79,80)/t22-,28+,29+,30+,31+,32+,33+,34+,35+,39+/m1/s1. The first kappa shape index (κ1) is 65.0. The summed E-state index contributed by atoms with van der Waals surface area (Å²) < 4.78 is 0. The number of carboxylic acid groups (broad SMARTS) is 1. The molecule has 11 amide bonds. The van der Waals surface area contributed by atoms with Gasteiger partial charge < -0.3 is 101 Å². The Morgan fingerprint density at radius 1 is 0.512 bits per heavy atom. The molecule has 2 aromatic carbocycles. The van der Waals surface area contributed by atoms with Crippen molar-refractivity contribution in [2.75, 3.05) is 13.2 Å². The normalized spacial score (nSPS) is 14.7. The van der Waals surface area contributed by atoms with Crippen molar-refractivity contribution in [3.63, 3.8) is 0 Å². The second-order valence-corrected chi connectivity index (χ2v) is 18.2. The summed E-state index contributed by atoms with van der Waals surface area (Å²) in [5, 5.41) is 77.7. The molecule has 0 radical (unpaired) electrons. The van der Waals surface area contributed by atoms with Gasteiger partial charge in [0.05, 0.1) is 38.1 Å². The van der Waals surface area contributed by atoms with Crippen LogP contribution in [0.1, 0.15) is 55.8 Å². The molecule has 3 rings (SSSR count). The van der Waals surface area contributed by atoms with E-state index in [2.05, 4.69) is 47.2 Å². The van der Waals surface area contributed by atoms with Gasteiger partial charge >= 0.3 is 5.97 Å². The van der Waals surface area contributed by atoms with Gasteiger partial charge in [0.25, 0.3) is 0 Å². The number of benzene rings is 2. The van der Waals surface area contributed by atoms with E-state index < -0.39 is 170 Å². The summed E-state index contributed by atoms with van der Waals surface area (Å²) in [5.74, 6) is -14.3. The monoisotopic (exact) mass is 1130 g/mol. The number of nitrogens with one attached hydrogen (secondary N) is 9. The lowest BCUT2D eigenvalue weighted by Crippen LogP contribution is -2.62. The number of phenols is 2. The van der Waals surface area contributed by atoms with Gasteiger partial charge in [-0.25, -0.2) is 9.78 Å². The molecule has 0 saturated heterocycles. The molecule has 0 bridgehead atoms. The summed E-state index contributed by atoms with van der Waals surface area (Å²) in [6.07, 6.45) is -2.52. The average Bonchev–Trinajstić information content (AvgIpc) is 3.92. The highest BCUT2D eigenvalue weighted by Crippen LogP contribution is 2.15. The van der Waals surface area contributed by atoms with E-state index in [0.29, 0.717) is 11.3 Å². The SMILES string of the molecule is C[C@@H](O)[C@H](NC(=O)[C@H](CCC(N)=O)NC(=O)[C@H](CO)NC(=O)[C@H](Cc1ccc(O)cc1)NC(=O)[C@H](CO)NC(=O)[C@H](CC(N)=O)NC(=O)[C@H](Cc1ccc(O)cc1)NC(=O)[C@H](Cc1cnc[nH]1)NC(=O)[C@@H](N)CCC(N)=O)C(=O)O. The number of aliphatic hydroxyl groups is 3. The number of aliphatic hydroxyl groups excluding tert-OH is 3. The number of rotatable bonds is 34. The predicted octanol–water partition coefficient (Wildman–Crippen LogP) is -8.09. The molecule has 0 fully saturated rings. The summed E-state index contributed by atoms with van der Waals surface area (Å²) in [4.78, 5) is 163. The molecule has 23 N–H and O–H groups in total. The van der Waals surface area contributed by atoms with Crippen LogP contribution in [0.15, 0.2) is 61.1 Å². The molecule has 0 aliphatic heterocycles. The summed E-state index contributed by atoms with van der Waals surface area (Å²) in [6, 6.07) is -5.30. The van der Waals surface area contributed by atoms with E-state index in [-0.39, 0.29) is 42.7 Å². The summed E-state index contributed by atoms with van der Waals surface area (Å²) in [6.45, 7) is -1.34. The number of imidazole rings is 1. The van der Waals surface area contributed by atoms with E-state index in [1.54, 1.807) is 0 Å². The van der Waals surface area contributed by atoms with E-state index in [0.717, 1.165) is 6.92 Å². The molecule has 0 aliphatic rings. The molecule has 1 aromatic heterocycles. The molecule has 32 heteroatoms. The first-order valence-electron chi connectivity index (χ1n) is 24.4. The topological polar surface area (TPSA) is 555 Å². The number of H-pyrrole nitrogens is 1. The van der Waals surface area contributed by atoms with Crippen LogP contribution >= 0.6 is 0 Å². The van der Waals surface area contributed by atoms with E-state index >= 15 is 0 Å². The number of hydrogen-bond acceptors (Lipinski definition) is 19. The third-order valence-electron chi connectivity index (χ3n) is 11.7. The van der Waals surface area contributed by atoms with Crippen LogP contribution in [-0.2, 0) is 76.8 Å². The number of phenolic OH excluding ortho intramolecular Hbond substituents is 2. The van der Waals surface area contributed by atoms with Crippen molar-refractivity contribution in [3.8, 4) is 11.5 Å². The fourth-order valence-electron chi connectivity index (χ4n) is 7.32. The zero-order valence-electron chi connectivity index (χ0n) is 43.0. The van der Waals surface area contributed by atoms with Crippen LogP contribution in [0.4, 0.5) is 0 Å². The third kappa shape index (κ3) is 22.0. The minimum atomic E-state index is -2.00. The predicted molar refractivity (Wildman–Crippen MR) is 273 cm³/mol.